The quantitative estimate of drug-likeness (QED) is 0.842. The molecule has 122 valence electrons. The number of amides is 1. The summed E-state index contributed by atoms with van der Waals surface area (Å²) < 4.78 is 0. The lowest BCUT2D eigenvalue weighted by molar-refractivity contribution is -0.142. The van der Waals surface area contributed by atoms with E-state index >= 15 is 0 Å². The first-order valence-corrected chi connectivity index (χ1v) is 8.85. The second kappa shape index (κ2) is 7.77. The smallest absolute Gasteiger partial charge is 0.306 e. The van der Waals surface area contributed by atoms with Crippen LogP contribution in [-0.4, -0.2) is 23.0 Å². The third-order valence-electron chi connectivity index (χ3n) is 4.44. The Labute approximate surface area is 135 Å². The molecule has 22 heavy (non-hydrogen) atoms. The molecule has 0 atom stereocenters. The maximum Gasteiger partial charge on any atom is 0.306 e. The highest BCUT2D eigenvalue weighted by Gasteiger charge is 2.26. The van der Waals surface area contributed by atoms with E-state index in [4.69, 9.17) is 5.11 Å². The Balaban J connectivity index is 1.66. The fourth-order valence-corrected chi connectivity index (χ4v) is 4.13. The molecule has 0 unspecified atom stereocenters. The Morgan fingerprint density at radius 2 is 1.95 bits per heavy atom. The third kappa shape index (κ3) is 4.83. The van der Waals surface area contributed by atoms with Crippen molar-refractivity contribution >= 4 is 23.2 Å². The van der Waals surface area contributed by atoms with Crippen molar-refractivity contribution in [3.05, 3.63) is 21.4 Å². The van der Waals surface area contributed by atoms with Crippen LogP contribution in [-0.2, 0) is 16.0 Å². The fourth-order valence-electron chi connectivity index (χ4n) is 3.16. The second-order valence-electron chi connectivity index (χ2n) is 6.25. The van der Waals surface area contributed by atoms with E-state index in [0.29, 0.717) is 19.3 Å². The molecule has 1 fully saturated rings. The van der Waals surface area contributed by atoms with Crippen molar-refractivity contribution < 1.29 is 14.7 Å². The maximum atomic E-state index is 12.0. The number of thiophene rings is 1. The van der Waals surface area contributed by atoms with Gasteiger partial charge in [-0.3, -0.25) is 9.59 Å². The van der Waals surface area contributed by atoms with Crippen molar-refractivity contribution in [2.24, 2.45) is 5.92 Å². The second-order valence-corrected chi connectivity index (χ2v) is 7.71. The van der Waals surface area contributed by atoms with Crippen molar-refractivity contribution in [3.8, 4) is 0 Å². The van der Waals surface area contributed by atoms with E-state index in [1.165, 1.54) is 15.3 Å². The number of hydrogen-bond acceptors (Lipinski definition) is 3. The molecular formula is C17H25NO3S. The van der Waals surface area contributed by atoms with E-state index in [1.54, 1.807) is 0 Å². The summed E-state index contributed by atoms with van der Waals surface area (Å²) in [5.41, 5.74) is 1.36. The normalized spacial score (nSPS) is 21.5. The molecule has 2 N–H and O–H groups in total. The first kappa shape index (κ1) is 17.0. The average molecular weight is 323 g/mol. The van der Waals surface area contributed by atoms with Crippen LogP contribution in [0.2, 0.25) is 0 Å². The van der Waals surface area contributed by atoms with Gasteiger partial charge in [0.15, 0.2) is 0 Å². The van der Waals surface area contributed by atoms with Gasteiger partial charge in [0.05, 0.1) is 5.92 Å². The van der Waals surface area contributed by atoms with Crippen molar-refractivity contribution in [3.63, 3.8) is 0 Å². The number of carbonyl (C=O) groups excluding carboxylic acids is 1. The van der Waals surface area contributed by atoms with Crippen LogP contribution in [0.15, 0.2) is 6.07 Å². The summed E-state index contributed by atoms with van der Waals surface area (Å²) in [4.78, 5) is 25.6. The maximum absolute atomic E-state index is 12.0. The van der Waals surface area contributed by atoms with E-state index in [9.17, 15) is 9.59 Å². The molecule has 1 heterocycles. The molecule has 1 aromatic heterocycles. The highest BCUT2D eigenvalue weighted by molar-refractivity contribution is 7.12. The predicted octanol–water partition coefficient (Wildman–Crippen LogP) is 3.45. The Morgan fingerprint density at radius 3 is 2.50 bits per heavy atom. The molecule has 1 aromatic rings. The zero-order valence-electron chi connectivity index (χ0n) is 13.4. The number of carboxylic acids is 1. The van der Waals surface area contributed by atoms with Crippen LogP contribution >= 0.6 is 11.3 Å². The molecule has 1 aliphatic carbocycles. The van der Waals surface area contributed by atoms with Gasteiger partial charge in [0.1, 0.15) is 0 Å². The van der Waals surface area contributed by atoms with Crippen molar-refractivity contribution in [2.45, 2.75) is 64.8 Å². The highest BCUT2D eigenvalue weighted by atomic mass is 32.1. The van der Waals surface area contributed by atoms with E-state index < -0.39 is 5.97 Å². The molecule has 2 rings (SSSR count). The minimum absolute atomic E-state index is 0.100. The molecule has 1 saturated carbocycles. The summed E-state index contributed by atoms with van der Waals surface area (Å²) in [6.07, 6.45) is 5.29. The summed E-state index contributed by atoms with van der Waals surface area (Å²) in [5.74, 6) is -0.826. The molecule has 0 saturated heterocycles. The molecule has 0 aliphatic heterocycles. The van der Waals surface area contributed by atoms with Crippen molar-refractivity contribution in [2.75, 3.05) is 0 Å². The molecule has 0 bridgehead atoms. The Kier molecular flexibility index (Phi) is 6.00. The summed E-state index contributed by atoms with van der Waals surface area (Å²) in [5, 5.41) is 12.0. The van der Waals surface area contributed by atoms with Crippen molar-refractivity contribution in [1.29, 1.82) is 0 Å². The minimum Gasteiger partial charge on any atom is -0.481 e. The Morgan fingerprint density at radius 1 is 1.27 bits per heavy atom. The molecule has 0 aromatic carbocycles. The van der Waals surface area contributed by atoms with Crippen LogP contribution in [0.5, 0.6) is 0 Å². The largest absolute Gasteiger partial charge is 0.481 e. The lowest BCUT2D eigenvalue weighted by Crippen LogP contribution is -2.38. The van der Waals surface area contributed by atoms with Gasteiger partial charge in [-0.15, -0.1) is 11.3 Å². The zero-order chi connectivity index (χ0) is 16.1. The summed E-state index contributed by atoms with van der Waals surface area (Å²) in [6, 6.07) is 2.37. The topological polar surface area (TPSA) is 66.4 Å². The van der Waals surface area contributed by atoms with Gasteiger partial charge >= 0.3 is 5.97 Å². The first-order chi connectivity index (χ1) is 10.5. The van der Waals surface area contributed by atoms with Crippen LogP contribution in [0.3, 0.4) is 0 Å². The molecule has 4 nitrogen and oxygen atoms in total. The van der Waals surface area contributed by atoms with Gasteiger partial charge in [-0.05, 0) is 64.0 Å². The standard InChI is InChI=1S/C17H25NO3S/c1-11-10-14(12(2)22-11)4-3-5-16(19)18-15-8-6-13(7-9-15)17(20)21/h10,13,15H,3-9H2,1-2H3,(H,18,19)(H,20,21). The van der Waals surface area contributed by atoms with Crippen molar-refractivity contribution in [1.82, 2.24) is 5.32 Å². The van der Waals surface area contributed by atoms with E-state index in [2.05, 4.69) is 25.2 Å². The van der Waals surface area contributed by atoms with Gasteiger partial charge in [0, 0.05) is 22.2 Å². The van der Waals surface area contributed by atoms with Gasteiger partial charge < -0.3 is 10.4 Å². The predicted molar refractivity (Wildman–Crippen MR) is 88.3 cm³/mol. The van der Waals surface area contributed by atoms with Crippen LogP contribution in [0.4, 0.5) is 0 Å². The molecular weight excluding hydrogens is 298 g/mol. The van der Waals surface area contributed by atoms with E-state index in [-0.39, 0.29) is 17.9 Å². The molecule has 5 heteroatoms. The van der Waals surface area contributed by atoms with Gasteiger partial charge in [0.25, 0.3) is 0 Å². The van der Waals surface area contributed by atoms with Gasteiger partial charge in [-0.1, -0.05) is 0 Å². The molecule has 0 spiro atoms. The number of aryl methyl sites for hydroxylation is 3. The fraction of sp³-hybridized carbons (Fsp3) is 0.647. The molecule has 0 radical (unpaired) electrons. The van der Waals surface area contributed by atoms with Crippen LogP contribution in [0, 0.1) is 19.8 Å². The number of hydrogen-bond donors (Lipinski definition) is 2. The average Bonchev–Trinajstić information content (AvgIpc) is 2.77. The highest BCUT2D eigenvalue weighted by Crippen LogP contribution is 2.25. The van der Waals surface area contributed by atoms with Gasteiger partial charge in [-0.2, -0.15) is 0 Å². The number of rotatable bonds is 6. The monoisotopic (exact) mass is 323 g/mol. The lowest BCUT2D eigenvalue weighted by Gasteiger charge is -2.26. The Bertz CT molecular complexity index is 530. The SMILES string of the molecule is Cc1cc(CCCC(=O)NC2CCC(C(=O)O)CC2)c(C)s1. The molecule has 1 amide bonds. The molecule has 1 aliphatic rings. The van der Waals surface area contributed by atoms with E-state index in [1.807, 2.05) is 11.3 Å². The number of nitrogens with one attached hydrogen (secondary N) is 1. The lowest BCUT2D eigenvalue weighted by atomic mass is 9.86. The summed E-state index contributed by atoms with van der Waals surface area (Å²) in [7, 11) is 0. The zero-order valence-corrected chi connectivity index (χ0v) is 14.2. The van der Waals surface area contributed by atoms with E-state index in [0.717, 1.165) is 25.7 Å². The number of aliphatic carboxylic acids is 1. The number of carboxylic acid groups (broad SMARTS) is 1. The Hall–Kier alpha value is -1.36. The van der Waals surface area contributed by atoms with Gasteiger partial charge in [0.2, 0.25) is 5.91 Å². The minimum atomic E-state index is -0.703. The summed E-state index contributed by atoms with van der Waals surface area (Å²) >= 11 is 1.81. The third-order valence-corrected chi connectivity index (χ3v) is 5.44. The van der Waals surface area contributed by atoms with Crippen LogP contribution < -0.4 is 5.32 Å². The van der Waals surface area contributed by atoms with Crippen LogP contribution in [0.25, 0.3) is 0 Å². The first-order valence-electron chi connectivity index (χ1n) is 8.03. The van der Waals surface area contributed by atoms with Gasteiger partial charge in [-0.25, -0.2) is 0 Å². The number of carbonyl (C=O) groups is 2. The van der Waals surface area contributed by atoms with Crippen LogP contribution in [0.1, 0.15) is 53.8 Å². The summed E-state index contributed by atoms with van der Waals surface area (Å²) in [6.45, 7) is 4.25.